The van der Waals surface area contributed by atoms with Crippen molar-refractivity contribution in [2.24, 2.45) is 0 Å². The molecule has 0 atom stereocenters. The number of aryl methyl sites for hydroxylation is 1. The summed E-state index contributed by atoms with van der Waals surface area (Å²) < 4.78 is 5.85. The molecule has 0 bridgehead atoms. The highest BCUT2D eigenvalue weighted by Crippen LogP contribution is 2.30. The lowest BCUT2D eigenvalue weighted by atomic mass is 9.96. The van der Waals surface area contributed by atoms with Gasteiger partial charge in [0.2, 0.25) is 5.91 Å². The van der Waals surface area contributed by atoms with Crippen molar-refractivity contribution in [2.75, 3.05) is 18.5 Å². The first-order valence-electron chi connectivity index (χ1n) is 8.62. The van der Waals surface area contributed by atoms with Gasteiger partial charge in [-0.05, 0) is 59.3 Å². The number of rotatable bonds is 6. The van der Waals surface area contributed by atoms with Crippen LogP contribution in [0.2, 0.25) is 0 Å². The fourth-order valence-corrected chi connectivity index (χ4v) is 4.36. The highest BCUT2D eigenvalue weighted by Gasteiger charge is 2.21. The number of benzene rings is 1. The Balaban J connectivity index is 1.43. The van der Waals surface area contributed by atoms with Crippen molar-refractivity contribution in [1.82, 2.24) is 5.32 Å². The van der Waals surface area contributed by atoms with Crippen LogP contribution in [0.5, 0.6) is 0 Å². The number of ether oxygens (including phenoxy) is 1. The lowest BCUT2D eigenvalue weighted by Crippen LogP contribution is -2.35. The molecule has 6 nitrogen and oxygen atoms in total. The van der Waals surface area contributed by atoms with Crippen LogP contribution in [0, 0.1) is 0 Å². The van der Waals surface area contributed by atoms with Crippen molar-refractivity contribution in [2.45, 2.75) is 25.7 Å². The first kappa shape index (κ1) is 19.6. The molecule has 2 N–H and O–H groups in total. The first-order valence-corrected chi connectivity index (χ1v) is 10.3. The Kier molecular flexibility index (Phi) is 6.63. The predicted octanol–water partition coefficient (Wildman–Crippen LogP) is 3.30. The second-order valence-corrected chi connectivity index (χ2v) is 7.96. The van der Waals surface area contributed by atoms with Crippen LogP contribution in [0.3, 0.4) is 0 Å². The van der Waals surface area contributed by atoms with E-state index >= 15 is 0 Å². The van der Waals surface area contributed by atoms with E-state index in [0.717, 1.165) is 35.7 Å². The normalized spacial score (nSPS) is 12.8. The zero-order chi connectivity index (χ0) is 19.2. The SMILES string of the molecule is O=C(COC(=O)c1csc2c1CCCC2)NCC(=O)Nc1ccccc1Br. The molecule has 27 heavy (non-hydrogen) atoms. The van der Waals surface area contributed by atoms with Crippen LogP contribution in [0.25, 0.3) is 0 Å². The molecule has 1 aromatic heterocycles. The van der Waals surface area contributed by atoms with Gasteiger partial charge in [0.25, 0.3) is 5.91 Å². The minimum absolute atomic E-state index is 0.203. The number of thiophene rings is 1. The molecule has 0 radical (unpaired) electrons. The summed E-state index contributed by atoms with van der Waals surface area (Å²) in [6.45, 7) is -0.614. The third-order valence-electron chi connectivity index (χ3n) is 4.21. The molecule has 1 aliphatic rings. The molecule has 0 spiro atoms. The molecular weight excluding hydrogens is 432 g/mol. The van der Waals surface area contributed by atoms with Gasteiger partial charge in [-0.3, -0.25) is 9.59 Å². The molecule has 0 saturated carbocycles. The fourth-order valence-electron chi connectivity index (χ4n) is 2.86. The van der Waals surface area contributed by atoms with Gasteiger partial charge >= 0.3 is 5.97 Å². The van der Waals surface area contributed by atoms with E-state index in [1.54, 1.807) is 34.9 Å². The van der Waals surface area contributed by atoms with E-state index in [1.165, 1.54) is 4.88 Å². The number of fused-ring (bicyclic) bond motifs is 1. The number of para-hydroxylation sites is 1. The van der Waals surface area contributed by atoms with E-state index in [-0.39, 0.29) is 12.5 Å². The average molecular weight is 451 g/mol. The highest BCUT2D eigenvalue weighted by molar-refractivity contribution is 9.10. The van der Waals surface area contributed by atoms with Gasteiger partial charge in [-0.2, -0.15) is 0 Å². The van der Waals surface area contributed by atoms with Crippen molar-refractivity contribution in [3.63, 3.8) is 0 Å². The smallest absolute Gasteiger partial charge is 0.339 e. The van der Waals surface area contributed by atoms with E-state index in [0.29, 0.717) is 11.3 Å². The van der Waals surface area contributed by atoms with E-state index in [2.05, 4.69) is 26.6 Å². The molecule has 3 rings (SSSR count). The molecule has 1 aliphatic carbocycles. The van der Waals surface area contributed by atoms with Crippen LogP contribution >= 0.6 is 27.3 Å². The van der Waals surface area contributed by atoms with Gasteiger partial charge in [0, 0.05) is 14.7 Å². The zero-order valence-electron chi connectivity index (χ0n) is 14.5. The van der Waals surface area contributed by atoms with Crippen molar-refractivity contribution in [1.29, 1.82) is 0 Å². The number of nitrogens with one attached hydrogen (secondary N) is 2. The van der Waals surface area contributed by atoms with E-state index in [1.807, 2.05) is 6.07 Å². The monoisotopic (exact) mass is 450 g/mol. The summed E-state index contributed by atoms with van der Waals surface area (Å²) in [7, 11) is 0. The van der Waals surface area contributed by atoms with Gasteiger partial charge in [-0.25, -0.2) is 4.79 Å². The summed E-state index contributed by atoms with van der Waals surface area (Å²) in [4.78, 5) is 37.2. The molecule has 0 fully saturated rings. The maximum atomic E-state index is 12.2. The minimum atomic E-state index is -0.519. The summed E-state index contributed by atoms with van der Waals surface area (Å²) in [5, 5.41) is 6.93. The predicted molar refractivity (Wildman–Crippen MR) is 107 cm³/mol. The van der Waals surface area contributed by atoms with Gasteiger partial charge in [-0.15, -0.1) is 11.3 Å². The molecular formula is C19H19BrN2O4S. The second kappa shape index (κ2) is 9.14. The summed E-state index contributed by atoms with van der Waals surface area (Å²) in [5.74, 6) is -1.37. The molecule has 1 heterocycles. The molecule has 1 aromatic carbocycles. The highest BCUT2D eigenvalue weighted by atomic mass is 79.9. The van der Waals surface area contributed by atoms with Gasteiger partial charge in [-0.1, -0.05) is 12.1 Å². The van der Waals surface area contributed by atoms with Crippen LogP contribution in [0.15, 0.2) is 34.1 Å². The Labute approximate surface area is 169 Å². The summed E-state index contributed by atoms with van der Waals surface area (Å²) in [5.41, 5.74) is 2.24. The topological polar surface area (TPSA) is 84.5 Å². The van der Waals surface area contributed by atoms with Crippen LogP contribution in [0.1, 0.15) is 33.6 Å². The van der Waals surface area contributed by atoms with E-state index in [4.69, 9.17) is 4.74 Å². The molecule has 8 heteroatoms. The summed E-state index contributed by atoms with van der Waals surface area (Å²) >= 11 is 4.90. The van der Waals surface area contributed by atoms with Gasteiger partial charge < -0.3 is 15.4 Å². The Morgan fingerprint density at radius 3 is 2.70 bits per heavy atom. The number of hydrogen-bond donors (Lipinski definition) is 2. The van der Waals surface area contributed by atoms with Crippen molar-refractivity contribution >= 4 is 50.7 Å². The number of carbonyl (C=O) groups is 3. The van der Waals surface area contributed by atoms with Crippen LogP contribution in [0.4, 0.5) is 5.69 Å². The summed E-state index contributed by atoms with van der Waals surface area (Å²) in [6, 6.07) is 7.17. The van der Waals surface area contributed by atoms with Crippen LogP contribution in [-0.4, -0.2) is 30.9 Å². The Morgan fingerprint density at radius 2 is 1.89 bits per heavy atom. The standard InChI is InChI=1S/C19H19BrN2O4S/c20-14-6-2-3-7-15(14)22-17(23)9-21-18(24)10-26-19(25)13-11-27-16-8-4-1-5-12(13)16/h2-3,6-7,11H,1,4-5,8-10H2,(H,21,24)(H,22,23). The van der Waals surface area contributed by atoms with E-state index < -0.39 is 18.5 Å². The number of esters is 1. The second-order valence-electron chi connectivity index (χ2n) is 6.14. The molecule has 2 amide bonds. The average Bonchev–Trinajstić information content (AvgIpc) is 3.10. The summed E-state index contributed by atoms with van der Waals surface area (Å²) in [6.07, 6.45) is 4.09. The molecule has 142 valence electrons. The minimum Gasteiger partial charge on any atom is -0.452 e. The Morgan fingerprint density at radius 1 is 1.11 bits per heavy atom. The van der Waals surface area contributed by atoms with Crippen LogP contribution in [-0.2, 0) is 27.2 Å². The molecule has 2 aromatic rings. The Hall–Kier alpha value is -2.19. The van der Waals surface area contributed by atoms with Gasteiger partial charge in [0.1, 0.15) is 0 Å². The van der Waals surface area contributed by atoms with Crippen molar-refractivity contribution in [3.8, 4) is 0 Å². The lowest BCUT2D eigenvalue weighted by Gasteiger charge is -2.12. The first-order chi connectivity index (χ1) is 13.0. The number of amides is 2. The Bertz CT molecular complexity index is 865. The number of carbonyl (C=O) groups excluding carboxylic acids is 3. The fraction of sp³-hybridized carbons (Fsp3) is 0.316. The number of hydrogen-bond acceptors (Lipinski definition) is 5. The zero-order valence-corrected chi connectivity index (χ0v) is 17.0. The van der Waals surface area contributed by atoms with E-state index in [9.17, 15) is 14.4 Å². The molecule has 0 unspecified atom stereocenters. The third-order valence-corrected chi connectivity index (χ3v) is 5.99. The maximum absolute atomic E-state index is 12.2. The van der Waals surface area contributed by atoms with Crippen molar-refractivity contribution < 1.29 is 19.1 Å². The van der Waals surface area contributed by atoms with Crippen molar-refractivity contribution in [3.05, 3.63) is 50.1 Å². The van der Waals surface area contributed by atoms with Crippen LogP contribution < -0.4 is 10.6 Å². The number of halogens is 1. The van der Waals surface area contributed by atoms with Gasteiger partial charge in [0.15, 0.2) is 6.61 Å². The lowest BCUT2D eigenvalue weighted by molar-refractivity contribution is -0.126. The molecule has 0 saturated heterocycles. The number of anilines is 1. The quantitative estimate of drug-likeness (QED) is 0.661. The third kappa shape index (κ3) is 5.17. The van der Waals surface area contributed by atoms with Gasteiger partial charge in [0.05, 0.1) is 17.8 Å². The molecule has 0 aliphatic heterocycles. The largest absolute Gasteiger partial charge is 0.452 e. The maximum Gasteiger partial charge on any atom is 0.339 e.